The van der Waals surface area contributed by atoms with Crippen molar-refractivity contribution in [3.8, 4) is 11.5 Å². The normalized spacial score (nSPS) is 33.9. The van der Waals surface area contributed by atoms with Crippen LogP contribution in [-0.2, 0) is 6.42 Å². The van der Waals surface area contributed by atoms with Gasteiger partial charge < -0.3 is 14.9 Å². The molecule has 0 amide bonds. The van der Waals surface area contributed by atoms with Gasteiger partial charge in [-0.1, -0.05) is 17.3 Å². The first-order chi connectivity index (χ1) is 14.0. The Labute approximate surface area is 168 Å². The number of hydrogen-bond acceptors (Lipinski definition) is 7. The Hall–Kier alpha value is -2.54. The van der Waals surface area contributed by atoms with E-state index < -0.39 is 5.60 Å². The summed E-state index contributed by atoms with van der Waals surface area (Å²) >= 11 is 0. The van der Waals surface area contributed by atoms with Crippen molar-refractivity contribution in [3.63, 3.8) is 0 Å². The van der Waals surface area contributed by atoms with Crippen molar-refractivity contribution >= 4 is 17.5 Å². The zero-order valence-corrected chi connectivity index (χ0v) is 16.4. The van der Waals surface area contributed by atoms with Gasteiger partial charge in [0.1, 0.15) is 0 Å². The number of ketones is 1. The van der Waals surface area contributed by atoms with E-state index in [0.29, 0.717) is 29.7 Å². The van der Waals surface area contributed by atoms with E-state index in [4.69, 9.17) is 4.52 Å². The van der Waals surface area contributed by atoms with Crippen molar-refractivity contribution in [1.29, 1.82) is 0 Å². The molecule has 29 heavy (non-hydrogen) atoms. The summed E-state index contributed by atoms with van der Waals surface area (Å²) in [7, 11) is 0. The van der Waals surface area contributed by atoms with Gasteiger partial charge in [0, 0.05) is 31.1 Å². The molecule has 4 saturated carbocycles. The van der Waals surface area contributed by atoms with Crippen molar-refractivity contribution in [2.24, 2.45) is 17.8 Å². The summed E-state index contributed by atoms with van der Waals surface area (Å²) in [6, 6.07) is 0.321. The van der Waals surface area contributed by atoms with E-state index in [1.807, 2.05) is 0 Å². The molecule has 5 aliphatic rings. The molecule has 0 spiro atoms. The molecular formula is C22H24N4O3. The van der Waals surface area contributed by atoms with Crippen LogP contribution in [0.2, 0.25) is 0 Å². The Kier molecular flexibility index (Phi) is 3.57. The van der Waals surface area contributed by atoms with E-state index >= 15 is 0 Å². The number of nitrogens with zero attached hydrogens (tertiary/aromatic N) is 3. The van der Waals surface area contributed by atoms with Gasteiger partial charge in [0.2, 0.25) is 11.6 Å². The van der Waals surface area contributed by atoms with Crippen molar-refractivity contribution in [1.82, 2.24) is 15.1 Å². The number of aromatic nitrogens is 3. The number of aliphatic hydroxyl groups is 1. The lowest BCUT2D eigenvalue weighted by Crippen LogP contribution is -2.59. The Morgan fingerprint density at radius 2 is 2.07 bits per heavy atom. The molecule has 7 nitrogen and oxygen atoms in total. The highest BCUT2D eigenvalue weighted by atomic mass is 16.5. The number of carbonyl (C=O) groups is 1. The Morgan fingerprint density at radius 3 is 2.76 bits per heavy atom. The van der Waals surface area contributed by atoms with E-state index in [1.165, 1.54) is 19.8 Å². The summed E-state index contributed by atoms with van der Waals surface area (Å²) in [6.07, 6.45) is 11.9. The van der Waals surface area contributed by atoms with E-state index in [9.17, 15) is 9.90 Å². The zero-order valence-electron chi connectivity index (χ0n) is 16.4. The molecule has 2 aromatic heterocycles. The molecule has 150 valence electrons. The first-order valence-electron chi connectivity index (χ1n) is 10.5. The van der Waals surface area contributed by atoms with Crippen LogP contribution < -0.4 is 5.32 Å². The molecule has 0 aromatic carbocycles. The van der Waals surface area contributed by atoms with E-state index in [-0.39, 0.29) is 11.6 Å². The number of hydrogen-bond donors (Lipinski definition) is 2. The average molecular weight is 392 g/mol. The second-order valence-electron chi connectivity index (χ2n) is 9.36. The van der Waals surface area contributed by atoms with Crippen LogP contribution >= 0.6 is 0 Å². The number of Topliss-reactive ketones (excluding diaryl/α,β-unsaturated/α-hetero) is 1. The number of allylic oxidation sites excluding steroid dienone is 1. The monoisotopic (exact) mass is 392 g/mol. The molecule has 3 unspecified atom stereocenters. The van der Waals surface area contributed by atoms with Gasteiger partial charge in [-0.25, -0.2) is 0 Å². The summed E-state index contributed by atoms with van der Waals surface area (Å²) < 4.78 is 5.41. The summed E-state index contributed by atoms with van der Waals surface area (Å²) in [4.78, 5) is 20.5. The number of anilines is 1. The minimum atomic E-state index is -0.458. The number of rotatable bonds is 4. The molecule has 2 N–H and O–H groups in total. The molecule has 2 heterocycles. The van der Waals surface area contributed by atoms with Crippen molar-refractivity contribution < 1.29 is 14.4 Å². The molecule has 5 aliphatic carbocycles. The van der Waals surface area contributed by atoms with E-state index in [1.54, 1.807) is 6.20 Å². The van der Waals surface area contributed by atoms with Crippen LogP contribution in [0.25, 0.3) is 17.5 Å². The average Bonchev–Trinajstić information content (AvgIpc) is 3.32. The Balaban J connectivity index is 1.40. The predicted molar refractivity (Wildman–Crippen MR) is 106 cm³/mol. The molecule has 4 fully saturated rings. The fourth-order valence-corrected chi connectivity index (χ4v) is 6.37. The molecule has 7 heteroatoms. The Morgan fingerprint density at radius 1 is 1.28 bits per heavy atom. The minimum Gasteiger partial charge on any atom is -0.390 e. The van der Waals surface area contributed by atoms with Crippen LogP contribution in [0, 0.1) is 17.8 Å². The number of fused-ring (bicyclic) bond motifs is 1. The van der Waals surface area contributed by atoms with Crippen LogP contribution in [0.15, 0.2) is 16.8 Å². The van der Waals surface area contributed by atoms with Crippen LogP contribution in [0.3, 0.4) is 0 Å². The van der Waals surface area contributed by atoms with Crippen LogP contribution in [-0.4, -0.2) is 37.7 Å². The summed E-state index contributed by atoms with van der Waals surface area (Å²) in [5.41, 5.74) is 3.35. The van der Waals surface area contributed by atoms with Gasteiger partial charge in [0.25, 0.3) is 5.89 Å². The topological polar surface area (TPSA) is 101 Å². The van der Waals surface area contributed by atoms with Gasteiger partial charge in [-0.05, 0) is 49.9 Å². The Bertz CT molecular complexity index is 1030. The van der Waals surface area contributed by atoms with Gasteiger partial charge in [-0.15, -0.1) is 0 Å². The largest absolute Gasteiger partial charge is 0.390 e. The third kappa shape index (κ3) is 2.67. The SMILES string of the molecule is CC(=O)c1noc(-c2cnc3c(c2NC2[C@@H]4CC5C[C@H]2CC(O)(C5)C4)C=CC3)n1. The number of nitrogens with one attached hydrogen (secondary N) is 1. The number of carbonyl (C=O) groups excluding carboxylic acids is 1. The highest BCUT2D eigenvalue weighted by Gasteiger charge is 2.54. The molecule has 7 rings (SSSR count). The van der Waals surface area contributed by atoms with Gasteiger partial charge in [-0.3, -0.25) is 9.78 Å². The maximum absolute atomic E-state index is 11.6. The quantitative estimate of drug-likeness (QED) is 0.770. The van der Waals surface area contributed by atoms with Crippen LogP contribution in [0.5, 0.6) is 0 Å². The molecule has 0 aliphatic heterocycles. The fourth-order valence-electron chi connectivity index (χ4n) is 6.37. The third-order valence-electron chi connectivity index (χ3n) is 7.32. The standard InChI is InChI=1S/C22H24N4O3/c1-11(27)20-25-21(29-26-20)16-10-23-17-4-2-3-15(17)19(16)24-18-13-5-12-6-14(18)9-22(28,7-12)8-13/h2-3,10,12-14,18,28H,4-9H2,1H3,(H,23,24)/t12?,13-,14+,18?,22?. The molecule has 4 bridgehead atoms. The van der Waals surface area contributed by atoms with Crippen molar-refractivity contribution in [2.45, 2.75) is 57.1 Å². The fraction of sp³-hybridized carbons (Fsp3) is 0.545. The second kappa shape index (κ2) is 5.98. The van der Waals surface area contributed by atoms with Crippen molar-refractivity contribution in [2.75, 3.05) is 5.32 Å². The lowest BCUT2D eigenvalue weighted by Gasteiger charge is -2.58. The smallest absolute Gasteiger partial charge is 0.262 e. The predicted octanol–water partition coefficient (Wildman–Crippen LogP) is 3.26. The van der Waals surface area contributed by atoms with E-state index in [2.05, 4.69) is 32.6 Å². The van der Waals surface area contributed by atoms with Gasteiger partial charge in [0.15, 0.2) is 0 Å². The molecule has 0 radical (unpaired) electrons. The van der Waals surface area contributed by atoms with Crippen LogP contribution in [0.4, 0.5) is 5.69 Å². The highest BCUT2D eigenvalue weighted by Crippen LogP contribution is 2.56. The number of pyridine rings is 1. The molecular weight excluding hydrogens is 368 g/mol. The van der Waals surface area contributed by atoms with Crippen molar-refractivity contribution in [3.05, 3.63) is 29.4 Å². The third-order valence-corrected chi connectivity index (χ3v) is 7.32. The maximum Gasteiger partial charge on any atom is 0.262 e. The molecule has 0 saturated heterocycles. The van der Waals surface area contributed by atoms with Gasteiger partial charge in [0.05, 0.1) is 22.5 Å². The van der Waals surface area contributed by atoms with Crippen LogP contribution in [0.1, 0.15) is 60.9 Å². The summed E-state index contributed by atoms with van der Waals surface area (Å²) in [5, 5.41) is 18.6. The van der Waals surface area contributed by atoms with E-state index in [0.717, 1.165) is 48.2 Å². The molecule has 2 aromatic rings. The lowest BCUT2D eigenvalue weighted by atomic mass is 9.52. The highest BCUT2D eigenvalue weighted by molar-refractivity contribution is 5.91. The zero-order chi connectivity index (χ0) is 19.8. The maximum atomic E-state index is 11.6. The first-order valence-corrected chi connectivity index (χ1v) is 10.5. The van der Waals surface area contributed by atoms with Gasteiger partial charge >= 0.3 is 0 Å². The van der Waals surface area contributed by atoms with Gasteiger partial charge in [-0.2, -0.15) is 4.98 Å². The second-order valence-corrected chi connectivity index (χ2v) is 9.36. The minimum absolute atomic E-state index is 0.0823. The summed E-state index contributed by atoms with van der Waals surface area (Å²) in [6.45, 7) is 1.43. The summed E-state index contributed by atoms with van der Waals surface area (Å²) in [5.74, 6) is 1.78. The first kappa shape index (κ1) is 17.3. The molecule has 5 atom stereocenters. The lowest BCUT2D eigenvalue weighted by molar-refractivity contribution is -0.129.